The molecule has 0 radical (unpaired) electrons. The van der Waals surface area contributed by atoms with Crippen LogP contribution >= 0.6 is 34.5 Å². The van der Waals surface area contributed by atoms with Crippen molar-refractivity contribution < 1.29 is 19.0 Å². The first-order valence-electron chi connectivity index (χ1n) is 11.6. The average molecular weight is 546 g/mol. The highest BCUT2D eigenvalue weighted by Gasteiger charge is 2.24. The molecule has 1 unspecified atom stereocenters. The molecular weight excluding hydrogens is 521 g/mol. The van der Waals surface area contributed by atoms with E-state index in [0.29, 0.717) is 26.4 Å². The number of ether oxygens (including phenoxy) is 3. The summed E-state index contributed by atoms with van der Waals surface area (Å²) in [6.07, 6.45) is 3.24. The number of benzene rings is 2. The average Bonchev–Trinajstić information content (AvgIpc) is 3.49. The molecule has 7 nitrogen and oxygen atoms in total. The van der Waals surface area contributed by atoms with E-state index in [-0.39, 0.29) is 6.10 Å². The SMILES string of the molecule is COC(=O)c1sc(-n2cnc3cc(Cl)ccc32)cc1OC(C)c1cccc(OC2CCNCC2)c1Cl. The summed E-state index contributed by atoms with van der Waals surface area (Å²) in [5.74, 6) is 0.570. The van der Waals surface area contributed by atoms with Crippen molar-refractivity contribution in [3.63, 3.8) is 0 Å². The van der Waals surface area contributed by atoms with Gasteiger partial charge in [0.05, 0.1) is 23.2 Å². The quantitative estimate of drug-likeness (QED) is 0.269. The van der Waals surface area contributed by atoms with Crippen LogP contribution in [-0.2, 0) is 4.74 Å². The number of nitrogens with zero attached hydrogens (tertiary/aromatic N) is 2. The minimum absolute atomic E-state index is 0.125. The molecule has 188 valence electrons. The number of halogens is 2. The Morgan fingerprint density at radius 2 is 1.97 bits per heavy atom. The monoisotopic (exact) mass is 545 g/mol. The van der Waals surface area contributed by atoms with Crippen LogP contribution in [0.1, 0.15) is 41.1 Å². The Bertz CT molecular complexity index is 1400. The normalized spacial score (nSPS) is 15.1. The van der Waals surface area contributed by atoms with Crippen molar-refractivity contribution in [1.29, 1.82) is 0 Å². The summed E-state index contributed by atoms with van der Waals surface area (Å²) >= 11 is 14.1. The lowest BCUT2D eigenvalue weighted by atomic mass is 10.1. The van der Waals surface area contributed by atoms with Gasteiger partial charge < -0.3 is 19.5 Å². The highest BCUT2D eigenvalue weighted by molar-refractivity contribution is 7.16. The molecule has 2 aromatic heterocycles. The van der Waals surface area contributed by atoms with E-state index in [9.17, 15) is 4.79 Å². The fourth-order valence-electron chi connectivity index (χ4n) is 4.24. The minimum atomic E-state index is -0.477. The van der Waals surface area contributed by atoms with E-state index in [0.717, 1.165) is 47.5 Å². The molecule has 36 heavy (non-hydrogen) atoms. The first-order chi connectivity index (χ1) is 17.4. The number of esters is 1. The standard InChI is InChI=1S/C26H25Cl2N3O4S/c1-15(18-4-3-5-21(24(18)28)35-17-8-10-29-11-9-17)34-22-13-23(36-25(22)26(32)33-2)31-14-30-19-12-16(27)6-7-20(19)31/h3-7,12-15,17,29H,8-11H2,1-2H3. The molecule has 10 heteroatoms. The van der Waals surface area contributed by atoms with Crippen molar-refractivity contribution in [1.82, 2.24) is 14.9 Å². The molecule has 1 atom stereocenters. The first-order valence-corrected chi connectivity index (χ1v) is 13.2. The maximum Gasteiger partial charge on any atom is 0.351 e. The Morgan fingerprint density at radius 1 is 1.17 bits per heavy atom. The molecule has 1 fully saturated rings. The van der Waals surface area contributed by atoms with Gasteiger partial charge in [-0.3, -0.25) is 4.57 Å². The maximum atomic E-state index is 12.6. The third kappa shape index (κ3) is 5.04. The van der Waals surface area contributed by atoms with Crippen molar-refractivity contribution in [2.45, 2.75) is 32.0 Å². The molecule has 3 heterocycles. The molecule has 0 aliphatic carbocycles. The highest BCUT2D eigenvalue weighted by Crippen LogP contribution is 2.39. The fourth-order valence-corrected chi connectivity index (χ4v) is 5.73. The van der Waals surface area contributed by atoms with E-state index in [2.05, 4.69) is 10.3 Å². The maximum absolute atomic E-state index is 12.6. The number of methoxy groups -OCH3 is 1. The second-order valence-corrected chi connectivity index (χ2v) is 10.3. The number of hydrogen-bond acceptors (Lipinski definition) is 7. The molecule has 2 aromatic carbocycles. The lowest BCUT2D eigenvalue weighted by molar-refractivity contribution is 0.0600. The van der Waals surface area contributed by atoms with Crippen LogP contribution < -0.4 is 14.8 Å². The van der Waals surface area contributed by atoms with Crippen LogP contribution in [0, 0.1) is 0 Å². The number of imidazole rings is 1. The largest absolute Gasteiger partial charge is 0.489 e. The van der Waals surface area contributed by atoms with Gasteiger partial charge in [-0.1, -0.05) is 35.3 Å². The van der Waals surface area contributed by atoms with Gasteiger partial charge in [-0.15, -0.1) is 11.3 Å². The van der Waals surface area contributed by atoms with E-state index in [1.807, 2.05) is 41.8 Å². The van der Waals surface area contributed by atoms with E-state index in [1.54, 1.807) is 18.5 Å². The van der Waals surface area contributed by atoms with Crippen LogP contribution in [0.4, 0.5) is 0 Å². The fraction of sp³-hybridized carbons (Fsp3) is 0.308. The van der Waals surface area contributed by atoms with Crippen molar-refractivity contribution in [2.75, 3.05) is 20.2 Å². The summed E-state index contributed by atoms with van der Waals surface area (Å²) in [6, 6.07) is 13.0. The summed E-state index contributed by atoms with van der Waals surface area (Å²) in [7, 11) is 1.35. The molecule has 4 aromatic rings. The topological polar surface area (TPSA) is 74.6 Å². The Morgan fingerprint density at radius 3 is 2.75 bits per heavy atom. The molecule has 1 saturated heterocycles. The minimum Gasteiger partial charge on any atom is -0.489 e. The predicted octanol–water partition coefficient (Wildman–Crippen LogP) is 6.45. The number of carbonyl (C=O) groups excluding carboxylic acids is 1. The van der Waals surface area contributed by atoms with E-state index < -0.39 is 12.1 Å². The summed E-state index contributed by atoms with van der Waals surface area (Å²) in [5.41, 5.74) is 2.39. The second-order valence-electron chi connectivity index (χ2n) is 8.50. The summed E-state index contributed by atoms with van der Waals surface area (Å²) in [5, 5.41) is 5.21. The molecule has 0 bridgehead atoms. The molecule has 1 aliphatic heterocycles. The number of carbonyl (C=O) groups is 1. The third-order valence-corrected chi connectivity index (χ3v) is 7.85. The third-order valence-electron chi connectivity index (χ3n) is 6.12. The van der Waals surface area contributed by atoms with Gasteiger partial charge in [0, 0.05) is 16.7 Å². The zero-order valence-electron chi connectivity index (χ0n) is 19.8. The number of rotatable bonds is 7. The smallest absolute Gasteiger partial charge is 0.351 e. The summed E-state index contributed by atoms with van der Waals surface area (Å²) in [6.45, 7) is 3.75. The zero-order chi connectivity index (χ0) is 25.2. The Kier molecular flexibility index (Phi) is 7.39. The van der Waals surface area contributed by atoms with Crippen molar-refractivity contribution >= 4 is 51.5 Å². The number of fused-ring (bicyclic) bond motifs is 1. The van der Waals surface area contributed by atoms with Crippen molar-refractivity contribution in [3.05, 3.63) is 69.3 Å². The van der Waals surface area contributed by atoms with E-state index in [1.165, 1.54) is 18.4 Å². The van der Waals surface area contributed by atoms with Crippen LogP contribution in [-0.4, -0.2) is 41.8 Å². The van der Waals surface area contributed by atoms with Gasteiger partial charge in [0.2, 0.25) is 0 Å². The molecule has 0 spiro atoms. The van der Waals surface area contributed by atoms with Crippen molar-refractivity contribution in [3.8, 4) is 16.5 Å². The van der Waals surface area contributed by atoms with E-state index in [4.69, 9.17) is 37.4 Å². The molecular formula is C26H25Cl2N3O4S. The predicted molar refractivity (Wildman–Crippen MR) is 142 cm³/mol. The Hall–Kier alpha value is -2.78. The van der Waals surface area contributed by atoms with Crippen LogP contribution in [0.15, 0.2) is 48.8 Å². The van der Waals surface area contributed by atoms with Crippen LogP contribution in [0.5, 0.6) is 11.5 Å². The highest BCUT2D eigenvalue weighted by atomic mass is 35.5. The van der Waals surface area contributed by atoms with Gasteiger partial charge in [-0.2, -0.15) is 0 Å². The Labute approximate surface area is 222 Å². The summed E-state index contributed by atoms with van der Waals surface area (Å²) < 4.78 is 19.4. The van der Waals surface area contributed by atoms with Gasteiger partial charge in [0.1, 0.15) is 35.0 Å². The zero-order valence-corrected chi connectivity index (χ0v) is 22.1. The molecule has 0 amide bonds. The van der Waals surface area contributed by atoms with Gasteiger partial charge >= 0.3 is 5.97 Å². The molecule has 1 N–H and O–H groups in total. The van der Waals surface area contributed by atoms with Gasteiger partial charge in [-0.25, -0.2) is 9.78 Å². The molecule has 1 aliphatic rings. The molecule has 0 saturated carbocycles. The first kappa shape index (κ1) is 24.9. The summed E-state index contributed by atoms with van der Waals surface area (Å²) in [4.78, 5) is 17.4. The number of piperidine rings is 1. The Balaban J connectivity index is 1.44. The van der Waals surface area contributed by atoms with Crippen LogP contribution in [0.3, 0.4) is 0 Å². The van der Waals surface area contributed by atoms with Gasteiger partial charge in [0.25, 0.3) is 0 Å². The lowest BCUT2D eigenvalue weighted by Gasteiger charge is -2.25. The number of aromatic nitrogens is 2. The van der Waals surface area contributed by atoms with Gasteiger partial charge in [-0.05, 0) is 57.1 Å². The molecule has 5 rings (SSSR count). The van der Waals surface area contributed by atoms with Gasteiger partial charge in [0.15, 0.2) is 4.88 Å². The lowest BCUT2D eigenvalue weighted by Crippen LogP contribution is -2.34. The number of hydrogen-bond donors (Lipinski definition) is 1. The number of thiophene rings is 1. The van der Waals surface area contributed by atoms with Crippen LogP contribution in [0.2, 0.25) is 10.0 Å². The second kappa shape index (κ2) is 10.7. The van der Waals surface area contributed by atoms with Crippen molar-refractivity contribution in [2.24, 2.45) is 0 Å². The van der Waals surface area contributed by atoms with E-state index >= 15 is 0 Å². The number of nitrogens with one attached hydrogen (secondary N) is 1. The van der Waals surface area contributed by atoms with Crippen LogP contribution in [0.25, 0.3) is 16.0 Å².